The minimum absolute atomic E-state index is 0.227. The molecule has 4 nitrogen and oxygen atoms in total. The molecule has 0 amide bonds. The fourth-order valence-electron chi connectivity index (χ4n) is 14.4. The second kappa shape index (κ2) is 24.2. The van der Waals surface area contributed by atoms with E-state index >= 15 is 0 Å². The van der Waals surface area contributed by atoms with Gasteiger partial charge in [-0.1, -0.05) is 299 Å². The molecule has 0 bridgehead atoms. The van der Waals surface area contributed by atoms with Crippen molar-refractivity contribution in [3.8, 4) is 78.1 Å². The van der Waals surface area contributed by atoms with Gasteiger partial charge < -0.3 is 18.9 Å². The average Bonchev–Trinajstić information content (AvgIpc) is 1.27. The molecular formula is C96H71BN4. The van der Waals surface area contributed by atoms with Gasteiger partial charge in [0.1, 0.15) is 0 Å². The maximum Gasteiger partial charge on any atom is 0.252 e. The normalized spacial score (nSPS) is 16.7. The maximum atomic E-state index is 11.8. The standard InChI is InChI=1S/C96H71BN4/c1-96(2,3)57-56-64-58-91-93-92(59-64)101(95-77(69-36-18-8-19-37-69)44-27-45-78(95)70-38-20-9-21-39-70)90-63-74(99-86-47-25-23-41-80(86)82-61-72(49-55-88(82)99)66-30-12-5-13-31-66)51-53-84(90)97(93)83-52-50-73(98-85-46-24-22-40-79(85)81-60-71(48-54-87(81)98)65-28-10-4-11-29-65)62-89(83)100(91)94-75(67-32-14-6-15-33-67)42-26-43-76(94)68-34-16-7-17-35-68/h4-55,58-63H,56-57H2,1-3H3/i4D,5D,10D,11D,12D,13D,22D,23D,24D,25D,28D,29D,30D,31D,40D,41D,46D,47D,48D,49D,50D,51D,52D,53D,54D,55D,60D,61D,62D,63D. The monoisotopic (exact) mass is 1320 g/mol. The Bertz CT molecular complexity index is 7330. The minimum Gasteiger partial charge on any atom is -0.310 e. The van der Waals surface area contributed by atoms with Gasteiger partial charge in [-0.15, -0.1) is 0 Å². The fraction of sp³-hybridized carbons (Fsp3) is 0.0625. The van der Waals surface area contributed by atoms with Crippen molar-refractivity contribution in [3.63, 3.8) is 0 Å². The van der Waals surface area contributed by atoms with Crippen LogP contribution in [-0.2, 0) is 6.42 Å². The third-order valence-electron chi connectivity index (χ3n) is 18.9. The van der Waals surface area contributed by atoms with Crippen LogP contribution < -0.4 is 26.2 Å². The number of nitrogens with zero attached hydrogens (tertiary/aromatic N) is 4. The van der Waals surface area contributed by atoms with Crippen LogP contribution in [-0.4, -0.2) is 15.8 Å². The lowest BCUT2D eigenvalue weighted by Crippen LogP contribution is -2.61. The van der Waals surface area contributed by atoms with Gasteiger partial charge in [-0.05, 0) is 157 Å². The van der Waals surface area contributed by atoms with Crippen LogP contribution in [0.4, 0.5) is 34.1 Å². The van der Waals surface area contributed by atoms with Crippen molar-refractivity contribution in [1.29, 1.82) is 0 Å². The van der Waals surface area contributed by atoms with E-state index in [4.69, 9.17) is 8.22 Å². The molecule has 0 unspecified atom stereocenters. The number of anilines is 6. The Morgan fingerprint density at radius 3 is 1.07 bits per heavy atom. The zero-order valence-corrected chi connectivity index (χ0v) is 54.4. The molecule has 17 aromatic rings. The second-order valence-corrected chi connectivity index (χ2v) is 26.1. The highest BCUT2D eigenvalue weighted by Crippen LogP contribution is 2.54. The van der Waals surface area contributed by atoms with Crippen LogP contribution >= 0.6 is 0 Å². The van der Waals surface area contributed by atoms with E-state index < -0.39 is 271 Å². The zero-order valence-electron chi connectivity index (χ0n) is 84.4. The number of para-hydroxylation sites is 4. The van der Waals surface area contributed by atoms with Crippen LogP contribution in [0.15, 0.2) is 351 Å². The van der Waals surface area contributed by atoms with Gasteiger partial charge in [0.25, 0.3) is 6.71 Å². The summed E-state index contributed by atoms with van der Waals surface area (Å²) in [5.74, 6) is 0. The third-order valence-corrected chi connectivity index (χ3v) is 18.9. The molecule has 0 spiro atoms. The molecule has 2 aliphatic heterocycles. The van der Waals surface area contributed by atoms with Crippen molar-refractivity contribution in [3.05, 3.63) is 357 Å². The second-order valence-electron chi connectivity index (χ2n) is 26.1. The molecule has 15 aromatic carbocycles. The van der Waals surface area contributed by atoms with Gasteiger partial charge in [-0.25, -0.2) is 0 Å². The summed E-state index contributed by atoms with van der Waals surface area (Å²) in [5.41, 5.74) is -1.65. The van der Waals surface area contributed by atoms with Gasteiger partial charge in [0.05, 0.1) is 74.6 Å². The molecule has 0 saturated heterocycles. The number of aryl methyl sites for hydroxylation is 1. The summed E-state index contributed by atoms with van der Waals surface area (Å²) in [6.45, 7) is 4.44. The van der Waals surface area contributed by atoms with Crippen molar-refractivity contribution in [2.75, 3.05) is 9.80 Å². The number of rotatable bonds is 12. The van der Waals surface area contributed by atoms with E-state index in [9.17, 15) is 32.9 Å². The van der Waals surface area contributed by atoms with Crippen LogP contribution in [0.2, 0.25) is 0 Å². The Kier molecular flexibility index (Phi) is 8.73. The number of aromatic nitrogens is 2. The number of benzene rings is 15. The third kappa shape index (κ3) is 10.1. The summed E-state index contributed by atoms with van der Waals surface area (Å²) in [4.78, 5) is 3.57. The summed E-state index contributed by atoms with van der Waals surface area (Å²) in [5, 5.41) is -2.11. The van der Waals surface area contributed by atoms with E-state index in [0.29, 0.717) is 67.9 Å². The molecule has 4 heterocycles. The van der Waals surface area contributed by atoms with E-state index in [2.05, 4.69) is 20.8 Å². The Hall–Kier alpha value is -12.4. The molecule has 2 aliphatic rings. The van der Waals surface area contributed by atoms with Gasteiger partial charge >= 0.3 is 0 Å². The molecule has 0 atom stereocenters. The van der Waals surface area contributed by atoms with Crippen molar-refractivity contribution in [2.24, 2.45) is 5.41 Å². The van der Waals surface area contributed by atoms with Crippen LogP contribution in [0.1, 0.15) is 73.9 Å². The molecule has 0 aliphatic carbocycles. The van der Waals surface area contributed by atoms with E-state index in [-0.39, 0.29) is 45.6 Å². The van der Waals surface area contributed by atoms with Crippen LogP contribution in [0.25, 0.3) is 122 Å². The molecule has 5 heteroatoms. The van der Waals surface area contributed by atoms with E-state index in [1.165, 1.54) is 0 Å². The summed E-state index contributed by atoms with van der Waals surface area (Å²) in [7, 11) is 0. The fourth-order valence-corrected chi connectivity index (χ4v) is 14.4. The number of fused-ring (bicyclic) bond motifs is 10. The van der Waals surface area contributed by atoms with Gasteiger partial charge in [0, 0.05) is 77.9 Å². The number of hydrogen-bond acceptors (Lipinski definition) is 2. The first-order chi connectivity index (χ1) is 62.3. The van der Waals surface area contributed by atoms with Gasteiger partial charge in [-0.2, -0.15) is 0 Å². The summed E-state index contributed by atoms with van der Waals surface area (Å²) < 4.78 is 298. The van der Waals surface area contributed by atoms with Gasteiger partial charge in [0.2, 0.25) is 0 Å². The van der Waals surface area contributed by atoms with Gasteiger partial charge in [0.15, 0.2) is 0 Å². The zero-order chi connectivity index (χ0) is 93.4. The first-order valence-corrected chi connectivity index (χ1v) is 33.0. The molecule has 0 N–H and O–H groups in total. The lowest BCUT2D eigenvalue weighted by molar-refractivity contribution is 0.378. The average molecular weight is 1320 g/mol. The molecular weight excluding hydrogens is 1220 g/mol. The molecule has 0 radical (unpaired) electrons. The highest BCUT2D eigenvalue weighted by Gasteiger charge is 2.46. The summed E-state index contributed by atoms with van der Waals surface area (Å²) in [6.07, 6.45) is 0.728. The van der Waals surface area contributed by atoms with Crippen molar-refractivity contribution in [1.82, 2.24) is 9.13 Å². The Balaban J connectivity index is 1.06. The van der Waals surface area contributed by atoms with E-state index in [0.717, 1.165) is 9.13 Å². The highest BCUT2D eigenvalue weighted by atomic mass is 15.2. The first kappa shape index (κ1) is 36.4. The molecule has 101 heavy (non-hydrogen) atoms. The van der Waals surface area contributed by atoms with Crippen LogP contribution in [0.3, 0.4) is 0 Å². The maximum absolute atomic E-state index is 11.8. The first-order valence-electron chi connectivity index (χ1n) is 48.0. The predicted octanol–water partition coefficient (Wildman–Crippen LogP) is 23.9. The molecule has 478 valence electrons. The number of hydrogen-bond donors (Lipinski definition) is 0. The molecule has 2 aromatic heterocycles. The topological polar surface area (TPSA) is 16.3 Å². The molecule has 19 rings (SSSR count). The quantitative estimate of drug-likeness (QED) is 0.113. The van der Waals surface area contributed by atoms with Crippen molar-refractivity contribution >= 4 is 101 Å². The SMILES string of the molecule is [2H]c1c([2H])c([2H])c(-c2c([2H])c([2H])c3c(c2[2H])c2c([2H])c([2H])c([2H])c([2H])c2n3-c2c([2H])c([2H])c3c(c2[2H])N(c2c(-c4ccccc4)cccc2-c2ccccc2)c2cc(CCC(C)(C)C)cc4c2B3c2c([2H])c([2H])c(-n3c5c([2H])c([2H])c([2H])c([2H])c5c5c([2H])c(-c6c([2H])c([2H])c([2H])c([2H])c6[2H])c([2H])c([2H])c53)c([2H])c2N4c2c(-c3ccccc3)cccc2-c2ccccc2)c([2H])c1[2H]. The minimum atomic E-state index is -1.75. The Labute approximate surface area is 632 Å². The lowest BCUT2D eigenvalue weighted by Gasteiger charge is -2.46. The summed E-state index contributed by atoms with van der Waals surface area (Å²) >= 11 is 0. The largest absolute Gasteiger partial charge is 0.310 e. The van der Waals surface area contributed by atoms with Crippen molar-refractivity contribution in [2.45, 2.75) is 33.6 Å². The molecule has 0 fully saturated rings. The predicted molar refractivity (Wildman–Crippen MR) is 430 cm³/mol. The smallest absolute Gasteiger partial charge is 0.252 e. The van der Waals surface area contributed by atoms with Gasteiger partial charge in [-0.3, -0.25) is 0 Å². The van der Waals surface area contributed by atoms with Crippen molar-refractivity contribution < 1.29 is 41.1 Å². The molecule has 0 saturated carbocycles. The van der Waals surface area contributed by atoms with E-state index in [1.807, 2.05) is 170 Å². The van der Waals surface area contributed by atoms with Crippen LogP contribution in [0, 0.1) is 5.41 Å². The lowest BCUT2D eigenvalue weighted by atomic mass is 9.33. The highest BCUT2D eigenvalue weighted by molar-refractivity contribution is 7.00. The Morgan fingerprint density at radius 2 is 0.683 bits per heavy atom. The Morgan fingerprint density at radius 1 is 0.317 bits per heavy atom. The summed E-state index contributed by atoms with van der Waals surface area (Å²) in [6, 6.07) is 26.3. The van der Waals surface area contributed by atoms with E-state index in [1.54, 1.807) is 9.80 Å². The van der Waals surface area contributed by atoms with Crippen LogP contribution in [0.5, 0.6) is 0 Å².